The maximum absolute atomic E-state index is 13.1. The molecule has 0 aliphatic carbocycles. The number of rotatable bonds is 9. The number of hydrogen-bond donors (Lipinski definition) is 2. The lowest BCUT2D eigenvalue weighted by molar-refractivity contribution is -0.120. The van der Waals surface area contributed by atoms with Gasteiger partial charge in [-0.25, -0.2) is 4.39 Å². The molecule has 0 heterocycles. The van der Waals surface area contributed by atoms with Gasteiger partial charge in [0.2, 0.25) is 5.91 Å². The summed E-state index contributed by atoms with van der Waals surface area (Å²) < 4.78 is 23.5. The smallest absolute Gasteiger partial charge is 0.221 e. The molecule has 2 aromatic carbocycles. The van der Waals surface area contributed by atoms with E-state index in [1.165, 1.54) is 12.1 Å². The van der Waals surface area contributed by atoms with Gasteiger partial charge in [-0.15, -0.1) is 0 Å². The molecule has 2 rings (SSSR count). The third kappa shape index (κ3) is 5.81. The molecule has 0 saturated carbocycles. The SMILES string of the molecule is COc1ccc(CCNC(=O)CCNc2ccc(F)c(Cl)c2)cc1OC. The van der Waals surface area contributed by atoms with Gasteiger partial charge >= 0.3 is 0 Å². The molecule has 0 aliphatic heterocycles. The monoisotopic (exact) mass is 380 g/mol. The first-order valence-electron chi connectivity index (χ1n) is 8.20. The van der Waals surface area contributed by atoms with Gasteiger partial charge < -0.3 is 20.1 Å². The zero-order chi connectivity index (χ0) is 18.9. The zero-order valence-corrected chi connectivity index (χ0v) is 15.5. The lowest BCUT2D eigenvalue weighted by Crippen LogP contribution is -2.27. The summed E-state index contributed by atoms with van der Waals surface area (Å²) in [4.78, 5) is 11.9. The lowest BCUT2D eigenvalue weighted by Gasteiger charge is -2.10. The van der Waals surface area contributed by atoms with Crippen molar-refractivity contribution in [3.8, 4) is 11.5 Å². The topological polar surface area (TPSA) is 59.6 Å². The molecule has 2 N–H and O–H groups in total. The van der Waals surface area contributed by atoms with E-state index in [-0.39, 0.29) is 10.9 Å². The summed E-state index contributed by atoms with van der Waals surface area (Å²) in [7, 11) is 3.18. The van der Waals surface area contributed by atoms with Gasteiger partial charge in [-0.3, -0.25) is 4.79 Å². The van der Waals surface area contributed by atoms with E-state index in [1.54, 1.807) is 20.3 Å². The first kappa shape index (κ1) is 19.8. The summed E-state index contributed by atoms with van der Waals surface area (Å²) in [6, 6.07) is 10.0. The molecule has 0 saturated heterocycles. The van der Waals surface area contributed by atoms with E-state index in [1.807, 2.05) is 18.2 Å². The number of ether oxygens (including phenoxy) is 2. The number of anilines is 1. The summed E-state index contributed by atoms with van der Waals surface area (Å²) in [6.45, 7) is 0.959. The maximum atomic E-state index is 13.1. The van der Waals surface area contributed by atoms with Crippen LogP contribution in [0.4, 0.5) is 10.1 Å². The molecule has 0 atom stereocenters. The van der Waals surface area contributed by atoms with Crippen LogP contribution in [0.3, 0.4) is 0 Å². The molecule has 5 nitrogen and oxygen atoms in total. The van der Waals surface area contributed by atoms with Crippen LogP contribution in [0.1, 0.15) is 12.0 Å². The van der Waals surface area contributed by atoms with Crippen molar-refractivity contribution < 1.29 is 18.7 Å². The number of methoxy groups -OCH3 is 2. The Balaban J connectivity index is 1.71. The summed E-state index contributed by atoms with van der Waals surface area (Å²) in [6.07, 6.45) is 0.994. The standard InChI is InChI=1S/C19H22ClFN2O3/c1-25-17-6-3-13(11-18(17)26-2)7-9-23-19(24)8-10-22-14-4-5-16(21)15(20)12-14/h3-6,11-12,22H,7-10H2,1-2H3,(H,23,24). The zero-order valence-electron chi connectivity index (χ0n) is 14.8. The quantitative estimate of drug-likeness (QED) is 0.697. The minimum atomic E-state index is -0.467. The number of hydrogen-bond acceptors (Lipinski definition) is 4. The average molecular weight is 381 g/mol. The Labute approximate surface area is 157 Å². The van der Waals surface area contributed by atoms with E-state index in [0.29, 0.717) is 43.1 Å². The minimum Gasteiger partial charge on any atom is -0.493 e. The van der Waals surface area contributed by atoms with Crippen LogP contribution in [-0.4, -0.2) is 33.2 Å². The van der Waals surface area contributed by atoms with Crippen LogP contribution in [0.15, 0.2) is 36.4 Å². The Hall–Kier alpha value is -2.47. The predicted octanol–water partition coefficient (Wildman–Crippen LogP) is 3.66. The van der Waals surface area contributed by atoms with Gasteiger partial charge in [-0.1, -0.05) is 17.7 Å². The highest BCUT2D eigenvalue weighted by Gasteiger charge is 2.06. The van der Waals surface area contributed by atoms with E-state index >= 15 is 0 Å². The van der Waals surface area contributed by atoms with E-state index in [2.05, 4.69) is 10.6 Å². The lowest BCUT2D eigenvalue weighted by atomic mass is 10.1. The van der Waals surface area contributed by atoms with Crippen LogP contribution in [-0.2, 0) is 11.2 Å². The minimum absolute atomic E-state index is 0.0503. The number of carbonyl (C=O) groups excluding carboxylic acids is 1. The van der Waals surface area contributed by atoms with E-state index in [4.69, 9.17) is 21.1 Å². The molecule has 0 bridgehead atoms. The van der Waals surface area contributed by atoms with Crippen molar-refractivity contribution in [2.24, 2.45) is 0 Å². The Kier molecular flexibility index (Phi) is 7.53. The first-order valence-corrected chi connectivity index (χ1v) is 8.58. The highest BCUT2D eigenvalue weighted by atomic mass is 35.5. The van der Waals surface area contributed by atoms with Crippen molar-refractivity contribution in [1.29, 1.82) is 0 Å². The molecule has 1 amide bonds. The first-order chi connectivity index (χ1) is 12.5. The van der Waals surface area contributed by atoms with Crippen molar-refractivity contribution >= 4 is 23.2 Å². The van der Waals surface area contributed by atoms with E-state index in [0.717, 1.165) is 5.56 Å². The predicted molar refractivity (Wildman–Crippen MR) is 101 cm³/mol. The number of carbonyl (C=O) groups is 1. The van der Waals surface area contributed by atoms with E-state index < -0.39 is 5.82 Å². The summed E-state index contributed by atoms with van der Waals surface area (Å²) in [5.74, 6) is 0.807. The molecular weight excluding hydrogens is 359 g/mol. The van der Waals surface area contributed by atoms with Gasteiger partial charge in [0.05, 0.1) is 19.2 Å². The van der Waals surface area contributed by atoms with Crippen molar-refractivity contribution in [3.05, 3.63) is 52.8 Å². The van der Waals surface area contributed by atoms with Crippen molar-refractivity contribution in [3.63, 3.8) is 0 Å². The van der Waals surface area contributed by atoms with Crippen molar-refractivity contribution in [2.75, 3.05) is 32.6 Å². The fourth-order valence-corrected chi connectivity index (χ4v) is 2.58. The molecule has 140 valence electrons. The Morgan fingerprint density at radius 3 is 2.54 bits per heavy atom. The van der Waals surface area contributed by atoms with Crippen LogP contribution >= 0.6 is 11.6 Å². The highest BCUT2D eigenvalue weighted by molar-refractivity contribution is 6.31. The summed E-state index contributed by atoms with van der Waals surface area (Å²) in [5.41, 5.74) is 1.72. The van der Waals surface area contributed by atoms with Crippen LogP contribution in [0, 0.1) is 5.82 Å². The molecule has 0 unspecified atom stereocenters. The molecule has 0 spiro atoms. The Morgan fingerprint density at radius 2 is 1.85 bits per heavy atom. The molecule has 7 heteroatoms. The maximum Gasteiger partial charge on any atom is 0.221 e. The molecule has 26 heavy (non-hydrogen) atoms. The van der Waals surface area contributed by atoms with E-state index in [9.17, 15) is 9.18 Å². The molecule has 0 aromatic heterocycles. The molecule has 0 radical (unpaired) electrons. The van der Waals surface area contributed by atoms with Crippen molar-refractivity contribution in [2.45, 2.75) is 12.8 Å². The second kappa shape index (κ2) is 9.87. The van der Waals surface area contributed by atoms with Gasteiger partial charge in [-0.05, 0) is 42.3 Å². The second-order valence-corrected chi connectivity index (χ2v) is 6.00. The second-order valence-electron chi connectivity index (χ2n) is 5.59. The van der Waals surface area contributed by atoms with Crippen LogP contribution < -0.4 is 20.1 Å². The van der Waals surface area contributed by atoms with Gasteiger partial charge in [0.25, 0.3) is 0 Å². The van der Waals surface area contributed by atoms with Crippen molar-refractivity contribution in [1.82, 2.24) is 5.32 Å². The fraction of sp³-hybridized carbons (Fsp3) is 0.316. The number of amides is 1. The third-order valence-corrected chi connectivity index (χ3v) is 4.07. The molecule has 0 aliphatic rings. The normalized spacial score (nSPS) is 10.3. The van der Waals surface area contributed by atoms with Crippen LogP contribution in [0.5, 0.6) is 11.5 Å². The largest absolute Gasteiger partial charge is 0.493 e. The Morgan fingerprint density at radius 1 is 1.08 bits per heavy atom. The number of halogens is 2. The fourth-order valence-electron chi connectivity index (χ4n) is 2.40. The molecule has 2 aromatic rings. The highest BCUT2D eigenvalue weighted by Crippen LogP contribution is 2.27. The van der Waals surface area contributed by atoms with Crippen LogP contribution in [0.2, 0.25) is 5.02 Å². The van der Waals surface area contributed by atoms with Gasteiger partial charge in [0.15, 0.2) is 11.5 Å². The van der Waals surface area contributed by atoms with Gasteiger partial charge in [0.1, 0.15) is 5.82 Å². The summed E-state index contributed by atoms with van der Waals surface area (Å²) in [5, 5.41) is 5.95. The number of benzene rings is 2. The molecule has 0 fully saturated rings. The van der Waals surface area contributed by atoms with Gasteiger partial charge in [0, 0.05) is 25.2 Å². The third-order valence-electron chi connectivity index (χ3n) is 3.78. The molecular formula is C19H22ClFN2O3. The average Bonchev–Trinajstić information content (AvgIpc) is 2.64. The van der Waals surface area contributed by atoms with Crippen LogP contribution in [0.25, 0.3) is 0 Å². The Bertz CT molecular complexity index is 756. The summed E-state index contributed by atoms with van der Waals surface area (Å²) >= 11 is 5.71. The van der Waals surface area contributed by atoms with Gasteiger partial charge in [-0.2, -0.15) is 0 Å². The number of nitrogens with one attached hydrogen (secondary N) is 2.